The van der Waals surface area contributed by atoms with Gasteiger partial charge < -0.3 is 20.4 Å². The van der Waals surface area contributed by atoms with E-state index in [2.05, 4.69) is 19.8 Å². The van der Waals surface area contributed by atoms with E-state index in [1.54, 1.807) is 0 Å². The zero-order valence-corrected chi connectivity index (χ0v) is 14.5. The van der Waals surface area contributed by atoms with Crippen LogP contribution < -0.4 is 15.5 Å². The standard InChI is InChI=1S/C17H30N6/c1-21(2)17-19-15(18)12-16(20-17)23-10-6-14(7-11-23)13-22-8-4-3-5-9-22/h12,14H,3-11,13H2,1-2H3,(H2,18,19,20). The number of nitrogens with zero attached hydrogens (tertiary/aromatic N) is 5. The Bertz CT molecular complexity index is 504. The first-order chi connectivity index (χ1) is 11.1. The van der Waals surface area contributed by atoms with Gasteiger partial charge >= 0.3 is 0 Å². The van der Waals surface area contributed by atoms with E-state index in [1.807, 2.05) is 25.1 Å². The van der Waals surface area contributed by atoms with Crippen LogP contribution in [0.15, 0.2) is 6.07 Å². The minimum absolute atomic E-state index is 0.550. The second kappa shape index (κ2) is 7.34. The molecule has 0 aliphatic carbocycles. The number of rotatable bonds is 4. The molecule has 23 heavy (non-hydrogen) atoms. The van der Waals surface area contributed by atoms with Crippen LogP contribution in [0.1, 0.15) is 32.1 Å². The maximum absolute atomic E-state index is 5.94. The van der Waals surface area contributed by atoms with Gasteiger partial charge in [-0.3, -0.25) is 0 Å². The van der Waals surface area contributed by atoms with Crippen LogP contribution in [0.3, 0.4) is 0 Å². The normalized spacial score (nSPS) is 20.7. The fourth-order valence-corrected chi connectivity index (χ4v) is 3.65. The molecule has 0 aromatic carbocycles. The smallest absolute Gasteiger partial charge is 0.228 e. The predicted octanol–water partition coefficient (Wildman–Crippen LogP) is 1.83. The molecule has 0 amide bonds. The van der Waals surface area contributed by atoms with Crippen molar-refractivity contribution in [3.63, 3.8) is 0 Å². The Hall–Kier alpha value is -1.56. The monoisotopic (exact) mass is 318 g/mol. The van der Waals surface area contributed by atoms with Crippen LogP contribution in [0.4, 0.5) is 17.6 Å². The van der Waals surface area contributed by atoms with Gasteiger partial charge in [0.25, 0.3) is 0 Å². The number of nitrogens with two attached hydrogens (primary N) is 1. The van der Waals surface area contributed by atoms with Crippen molar-refractivity contribution in [3.8, 4) is 0 Å². The summed E-state index contributed by atoms with van der Waals surface area (Å²) in [5.41, 5.74) is 5.94. The average Bonchev–Trinajstić information content (AvgIpc) is 2.56. The van der Waals surface area contributed by atoms with Crippen molar-refractivity contribution in [2.45, 2.75) is 32.1 Å². The van der Waals surface area contributed by atoms with Gasteiger partial charge in [0.1, 0.15) is 11.6 Å². The molecule has 128 valence electrons. The molecular formula is C17H30N6. The summed E-state index contributed by atoms with van der Waals surface area (Å²) >= 11 is 0. The van der Waals surface area contributed by atoms with Crippen LogP contribution >= 0.6 is 0 Å². The lowest BCUT2D eigenvalue weighted by Crippen LogP contribution is -2.40. The van der Waals surface area contributed by atoms with Crippen LogP contribution in [0.5, 0.6) is 0 Å². The third kappa shape index (κ3) is 4.25. The minimum Gasteiger partial charge on any atom is -0.383 e. The van der Waals surface area contributed by atoms with Gasteiger partial charge in [-0.05, 0) is 44.7 Å². The summed E-state index contributed by atoms with van der Waals surface area (Å²) in [6, 6.07) is 1.90. The highest BCUT2D eigenvalue weighted by Gasteiger charge is 2.23. The maximum atomic E-state index is 5.94. The van der Waals surface area contributed by atoms with E-state index >= 15 is 0 Å². The molecule has 0 atom stereocenters. The number of hydrogen-bond acceptors (Lipinski definition) is 6. The third-order valence-corrected chi connectivity index (χ3v) is 5.02. The van der Waals surface area contributed by atoms with E-state index in [0.717, 1.165) is 24.8 Å². The summed E-state index contributed by atoms with van der Waals surface area (Å²) in [6.07, 6.45) is 6.67. The maximum Gasteiger partial charge on any atom is 0.228 e. The molecule has 3 heterocycles. The van der Waals surface area contributed by atoms with Crippen LogP contribution in [0.25, 0.3) is 0 Å². The number of aromatic nitrogens is 2. The van der Waals surface area contributed by atoms with Gasteiger partial charge in [0.2, 0.25) is 5.95 Å². The summed E-state index contributed by atoms with van der Waals surface area (Å²) in [4.78, 5) is 15.9. The lowest BCUT2D eigenvalue weighted by atomic mass is 9.95. The van der Waals surface area contributed by atoms with E-state index in [0.29, 0.717) is 11.8 Å². The molecule has 0 radical (unpaired) electrons. The van der Waals surface area contributed by atoms with E-state index in [4.69, 9.17) is 5.73 Å². The molecule has 0 unspecified atom stereocenters. The molecule has 2 N–H and O–H groups in total. The van der Waals surface area contributed by atoms with Crippen molar-refractivity contribution in [2.75, 3.05) is 62.4 Å². The fourth-order valence-electron chi connectivity index (χ4n) is 3.65. The number of piperidine rings is 2. The first-order valence-corrected chi connectivity index (χ1v) is 8.91. The second-order valence-electron chi connectivity index (χ2n) is 7.14. The molecule has 2 aliphatic heterocycles. The van der Waals surface area contributed by atoms with Crippen LogP contribution in [-0.2, 0) is 0 Å². The number of anilines is 3. The number of likely N-dealkylation sites (tertiary alicyclic amines) is 1. The van der Waals surface area contributed by atoms with Gasteiger partial charge in [0, 0.05) is 39.8 Å². The van der Waals surface area contributed by atoms with E-state index in [-0.39, 0.29) is 0 Å². The predicted molar refractivity (Wildman–Crippen MR) is 96.0 cm³/mol. The van der Waals surface area contributed by atoms with Gasteiger partial charge in [0.15, 0.2) is 0 Å². The van der Waals surface area contributed by atoms with Crippen LogP contribution in [-0.4, -0.2) is 61.7 Å². The van der Waals surface area contributed by atoms with Crippen molar-refractivity contribution in [2.24, 2.45) is 5.92 Å². The lowest BCUT2D eigenvalue weighted by Gasteiger charge is -2.36. The van der Waals surface area contributed by atoms with Gasteiger partial charge in [-0.15, -0.1) is 0 Å². The molecule has 1 aromatic heterocycles. The van der Waals surface area contributed by atoms with E-state index < -0.39 is 0 Å². The molecule has 2 aliphatic rings. The van der Waals surface area contributed by atoms with Crippen LogP contribution in [0.2, 0.25) is 0 Å². The second-order valence-corrected chi connectivity index (χ2v) is 7.14. The first-order valence-electron chi connectivity index (χ1n) is 8.91. The highest BCUT2D eigenvalue weighted by molar-refractivity contribution is 5.52. The third-order valence-electron chi connectivity index (χ3n) is 5.02. The molecule has 6 nitrogen and oxygen atoms in total. The fraction of sp³-hybridized carbons (Fsp3) is 0.765. The molecular weight excluding hydrogens is 288 g/mol. The average molecular weight is 318 g/mol. The number of nitrogen functional groups attached to an aromatic ring is 1. The Kier molecular flexibility index (Phi) is 5.20. The van der Waals surface area contributed by atoms with E-state index in [9.17, 15) is 0 Å². The summed E-state index contributed by atoms with van der Waals surface area (Å²) in [7, 11) is 3.90. The topological polar surface area (TPSA) is 61.5 Å². The quantitative estimate of drug-likeness (QED) is 0.914. The highest BCUT2D eigenvalue weighted by atomic mass is 15.3. The SMILES string of the molecule is CN(C)c1nc(N)cc(N2CCC(CN3CCCCC3)CC2)n1. The number of hydrogen-bond donors (Lipinski definition) is 1. The van der Waals surface area contributed by atoms with Crippen LogP contribution in [0, 0.1) is 5.92 Å². The van der Waals surface area contributed by atoms with Crippen molar-refractivity contribution in [1.82, 2.24) is 14.9 Å². The molecule has 2 saturated heterocycles. The Balaban J connectivity index is 1.56. The van der Waals surface area contributed by atoms with Crippen molar-refractivity contribution in [3.05, 3.63) is 6.07 Å². The first kappa shape index (κ1) is 16.3. The Labute approximate surface area is 139 Å². The minimum atomic E-state index is 0.550. The van der Waals surface area contributed by atoms with Gasteiger partial charge in [0.05, 0.1) is 0 Å². The van der Waals surface area contributed by atoms with Gasteiger partial charge in [-0.2, -0.15) is 9.97 Å². The zero-order valence-electron chi connectivity index (χ0n) is 14.5. The van der Waals surface area contributed by atoms with Gasteiger partial charge in [-0.25, -0.2) is 0 Å². The van der Waals surface area contributed by atoms with Crippen molar-refractivity contribution in [1.29, 1.82) is 0 Å². The Morgan fingerprint density at radius 3 is 2.43 bits per heavy atom. The van der Waals surface area contributed by atoms with Crippen molar-refractivity contribution >= 4 is 17.6 Å². The van der Waals surface area contributed by atoms with Crippen molar-refractivity contribution < 1.29 is 0 Å². The molecule has 0 saturated carbocycles. The lowest BCUT2D eigenvalue weighted by molar-refractivity contribution is 0.181. The molecule has 1 aromatic rings. The largest absolute Gasteiger partial charge is 0.383 e. The summed E-state index contributed by atoms with van der Waals surface area (Å²) in [5.74, 6) is 3.04. The molecule has 6 heteroatoms. The molecule has 0 bridgehead atoms. The highest BCUT2D eigenvalue weighted by Crippen LogP contribution is 2.25. The van der Waals surface area contributed by atoms with E-state index in [1.165, 1.54) is 51.7 Å². The Morgan fingerprint density at radius 2 is 1.78 bits per heavy atom. The summed E-state index contributed by atoms with van der Waals surface area (Å²) < 4.78 is 0. The summed E-state index contributed by atoms with van der Waals surface area (Å²) in [6.45, 7) is 6.02. The Morgan fingerprint density at radius 1 is 1.09 bits per heavy atom. The zero-order chi connectivity index (χ0) is 16.2. The molecule has 3 rings (SSSR count). The summed E-state index contributed by atoms with van der Waals surface area (Å²) in [5, 5.41) is 0. The molecule has 2 fully saturated rings. The van der Waals surface area contributed by atoms with Gasteiger partial charge in [-0.1, -0.05) is 6.42 Å². The molecule has 0 spiro atoms.